The summed E-state index contributed by atoms with van der Waals surface area (Å²) in [6.07, 6.45) is 4.74. The maximum absolute atomic E-state index is 12.7. The van der Waals surface area contributed by atoms with E-state index in [0.717, 1.165) is 0 Å². The molecule has 0 N–H and O–H groups in total. The Hall–Kier alpha value is -3.22. The van der Waals surface area contributed by atoms with Crippen LogP contribution in [-0.2, 0) is 20.9 Å². The molecule has 0 atom stereocenters. The monoisotopic (exact) mass is 387 g/mol. The van der Waals surface area contributed by atoms with Crippen molar-refractivity contribution in [2.75, 3.05) is 27.4 Å². The van der Waals surface area contributed by atoms with Crippen molar-refractivity contribution in [3.8, 4) is 11.5 Å². The molecule has 2 aromatic rings. The molecule has 0 radical (unpaired) electrons. The topological polar surface area (TPSA) is 78.2 Å². The molecule has 0 spiro atoms. The molecule has 0 saturated heterocycles. The van der Waals surface area contributed by atoms with Crippen LogP contribution in [0, 0.1) is 0 Å². The van der Waals surface area contributed by atoms with Crippen molar-refractivity contribution in [1.29, 1.82) is 0 Å². The van der Waals surface area contributed by atoms with E-state index in [1.165, 1.54) is 11.0 Å². The fraction of sp³-hybridized carbons (Fsp3) is 0.333. The number of hydrogen-bond acceptors (Lipinski definition) is 6. The summed E-state index contributed by atoms with van der Waals surface area (Å²) in [7, 11) is 3.13. The lowest BCUT2D eigenvalue weighted by Crippen LogP contribution is -2.31. The van der Waals surface area contributed by atoms with Gasteiger partial charge >= 0.3 is 5.97 Å². The summed E-state index contributed by atoms with van der Waals surface area (Å²) in [4.78, 5) is 25.9. The Morgan fingerprint density at radius 1 is 1.18 bits per heavy atom. The highest BCUT2D eigenvalue weighted by Gasteiger charge is 2.15. The van der Waals surface area contributed by atoms with Gasteiger partial charge in [-0.1, -0.05) is 0 Å². The zero-order valence-corrected chi connectivity index (χ0v) is 16.3. The van der Waals surface area contributed by atoms with Crippen LogP contribution in [0.2, 0.25) is 0 Å². The van der Waals surface area contributed by atoms with Gasteiger partial charge < -0.3 is 23.5 Å². The number of ether oxygens (including phenoxy) is 3. The van der Waals surface area contributed by atoms with Crippen LogP contribution in [0.3, 0.4) is 0 Å². The van der Waals surface area contributed by atoms with E-state index in [1.807, 2.05) is 0 Å². The van der Waals surface area contributed by atoms with Crippen molar-refractivity contribution in [2.24, 2.45) is 0 Å². The average Bonchev–Trinajstić information content (AvgIpc) is 3.22. The molecule has 1 amide bonds. The Bertz CT molecular complexity index is 797. The fourth-order valence-electron chi connectivity index (χ4n) is 2.55. The second-order valence-electron chi connectivity index (χ2n) is 5.84. The summed E-state index contributed by atoms with van der Waals surface area (Å²) in [6.45, 7) is 2.53. The number of furan rings is 1. The second-order valence-corrected chi connectivity index (χ2v) is 5.84. The fourth-order valence-corrected chi connectivity index (χ4v) is 2.55. The zero-order chi connectivity index (χ0) is 20.4. The molecule has 0 fully saturated rings. The van der Waals surface area contributed by atoms with Crippen LogP contribution in [0.5, 0.6) is 11.5 Å². The molecule has 2 rings (SSSR count). The molecule has 0 saturated carbocycles. The van der Waals surface area contributed by atoms with Gasteiger partial charge in [0.15, 0.2) is 0 Å². The number of benzene rings is 1. The van der Waals surface area contributed by atoms with Crippen molar-refractivity contribution in [1.82, 2.24) is 4.90 Å². The van der Waals surface area contributed by atoms with Gasteiger partial charge in [-0.3, -0.25) is 9.59 Å². The number of esters is 1. The molecule has 7 nitrogen and oxygen atoms in total. The van der Waals surface area contributed by atoms with Crippen molar-refractivity contribution in [3.63, 3.8) is 0 Å². The predicted octanol–water partition coefficient (Wildman–Crippen LogP) is 3.29. The molecule has 7 heteroatoms. The molecule has 0 aliphatic rings. The minimum atomic E-state index is -0.349. The molecule has 150 valence electrons. The molecule has 1 aromatic heterocycles. The second kappa shape index (κ2) is 10.8. The van der Waals surface area contributed by atoms with Gasteiger partial charge in [0.1, 0.15) is 17.3 Å². The SMILES string of the molecule is CCOC(=O)CCN(Cc1ccco1)C(=O)/C=C/c1cc(OC)ccc1OC. The van der Waals surface area contributed by atoms with Crippen LogP contribution in [-0.4, -0.2) is 44.1 Å². The van der Waals surface area contributed by atoms with Gasteiger partial charge in [-0.25, -0.2) is 0 Å². The van der Waals surface area contributed by atoms with Crippen molar-refractivity contribution in [2.45, 2.75) is 19.9 Å². The largest absolute Gasteiger partial charge is 0.497 e. The lowest BCUT2D eigenvalue weighted by molar-refractivity contribution is -0.143. The predicted molar refractivity (Wildman–Crippen MR) is 104 cm³/mol. The Morgan fingerprint density at radius 2 is 2.00 bits per heavy atom. The average molecular weight is 387 g/mol. The van der Waals surface area contributed by atoms with Gasteiger partial charge in [-0.15, -0.1) is 0 Å². The lowest BCUT2D eigenvalue weighted by atomic mass is 10.1. The van der Waals surface area contributed by atoms with Crippen LogP contribution in [0.1, 0.15) is 24.7 Å². The normalized spacial score (nSPS) is 10.7. The van der Waals surface area contributed by atoms with Gasteiger partial charge in [-0.2, -0.15) is 0 Å². The van der Waals surface area contributed by atoms with E-state index < -0.39 is 0 Å². The van der Waals surface area contributed by atoms with E-state index in [-0.39, 0.29) is 31.4 Å². The van der Waals surface area contributed by atoms with E-state index in [0.29, 0.717) is 29.4 Å². The highest BCUT2D eigenvalue weighted by molar-refractivity contribution is 5.92. The van der Waals surface area contributed by atoms with E-state index in [4.69, 9.17) is 18.6 Å². The van der Waals surface area contributed by atoms with Gasteiger partial charge in [0.05, 0.1) is 40.1 Å². The van der Waals surface area contributed by atoms with E-state index >= 15 is 0 Å². The maximum Gasteiger partial charge on any atom is 0.307 e. The first-order valence-electron chi connectivity index (χ1n) is 8.94. The highest BCUT2D eigenvalue weighted by atomic mass is 16.5. The van der Waals surface area contributed by atoms with Crippen LogP contribution < -0.4 is 9.47 Å². The summed E-state index contributed by atoms with van der Waals surface area (Å²) in [6, 6.07) is 8.85. The third-order valence-electron chi connectivity index (χ3n) is 3.97. The van der Waals surface area contributed by atoms with Gasteiger partial charge in [0.25, 0.3) is 0 Å². The first-order valence-corrected chi connectivity index (χ1v) is 8.94. The Labute approximate surface area is 164 Å². The van der Waals surface area contributed by atoms with Crippen LogP contribution >= 0.6 is 0 Å². The quantitative estimate of drug-likeness (QED) is 0.460. The van der Waals surface area contributed by atoms with E-state index in [9.17, 15) is 9.59 Å². The van der Waals surface area contributed by atoms with Gasteiger partial charge in [0.2, 0.25) is 5.91 Å². The van der Waals surface area contributed by atoms with E-state index in [2.05, 4.69) is 0 Å². The molecule has 28 heavy (non-hydrogen) atoms. The molecule has 0 aliphatic carbocycles. The third-order valence-corrected chi connectivity index (χ3v) is 3.97. The number of hydrogen-bond donors (Lipinski definition) is 0. The van der Waals surface area contributed by atoms with E-state index in [1.54, 1.807) is 63.8 Å². The summed E-state index contributed by atoms with van der Waals surface area (Å²) >= 11 is 0. The van der Waals surface area contributed by atoms with Crippen LogP contribution in [0.15, 0.2) is 47.1 Å². The molecule has 0 unspecified atom stereocenters. The van der Waals surface area contributed by atoms with Crippen LogP contribution in [0.4, 0.5) is 0 Å². The van der Waals surface area contributed by atoms with Crippen molar-refractivity contribution in [3.05, 3.63) is 54.0 Å². The van der Waals surface area contributed by atoms with Gasteiger partial charge in [-0.05, 0) is 43.3 Å². The smallest absolute Gasteiger partial charge is 0.307 e. The minimum Gasteiger partial charge on any atom is -0.497 e. The number of rotatable bonds is 10. The molecule has 0 bridgehead atoms. The zero-order valence-electron chi connectivity index (χ0n) is 16.3. The maximum atomic E-state index is 12.7. The first-order chi connectivity index (χ1) is 13.6. The number of nitrogens with zero attached hydrogens (tertiary/aromatic N) is 1. The van der Waals surface area contributed by atoms with Crippen molar-refractivity contribution < 1.29 is 28.2 Å². The molecular weight excluding hydrogens is 362 g/mol. The van der Waals surface area contributed by atoms with Crippen molar-refractivity contribution >= 4 is 18.0 Å². The minimum absolute atomic E-state index is 0.108. The standard InChI is InChI=1S/C21H25NO6/c1-4-27-21(24)11-12-22(15-18-6-5-13-28-18)20(23)10-7-16-14-17(25-2)8-9-19(16)26-3/h5-10,13-14H,4,11-12,15H2,1-3H3/b10-7+. The van der Waals surface area contributed by atoms with Crippen LogP contribution in [0.25, 0.3) is 6.08 Å². The Balaban J connectivity index is 2.14. The molecule has 0 aliphatic heterocycles. The molecule has 1 heterocycles. The number of amides is 1. The summed E-state index contributed by atoms with van der Waals surface area (Å²) in [5.41, 5.74) is 0.707. The lowest BCUT2D eigenvalue weighted by Gasteiger charge is -2.19. The number of methoxy groups -OCH3 is 2. The highest BCUT2D eigenvalue weighted by Crippen LogP contribution is 2.25. The molecule has 1 aromatic carbocycles. The Kier molecular flexibility index (Phi) is 8.14. The number of carbonyl (C=O) groups excluding carboxylic acids is 2. The summed E-state index contributed by atoms with van der Waals surface area (Å²) in [5.74, 6) is 1.30. The summed E-state index contributed by atoms with van der Waals surface area (Å²) < 4.78 is 20.8. The van der Waals surface area contributed by atoms with Gasteiger partial charge in [0, 0.05) is 18.2 Å². The summed E-state index contributed by atoms with van der Waals surface area (Å²) in [5, 5.41) is 0. The Morgan fingerprint density at radius 3 is 2.64 bits per heavy atom. The molecular formula is C21H25NO6. The first kappa shape index (κ1) is 21.1. The third kappa shape index (κ3) is 6.19. The number of carbonyl (C=O) groups is 2.